The van der Waals surface area contributed by atoms with E-state index in [-0.39, 0.29) is 24.8 Å². The highest BCUT2D eigenvalue weighted by molar-refractivity contribution is 7.91. The minimum atomic E-state index is -4.85. The minimum Gasteiger partial charge on any atom is -0.485 e. The second-order valence-corrected chi connectivity index (χ2v) is 7.33. The van der Waals surface area contributed by atoms with Crippen LogP contribution in [-0.2, 0) is 9.84 Å². The number of sulfone groups is 1. The maximum absolute atomic E-state index is 12.8. The number of halogens is 2. The molecule has 1 aliphatic rings. The number of pyridine rings is 1. The highest BCUT2D eigenvalue weighted by Gasteiger charge is 2.37. The van der Waals surface area contributed by atoms with Gasteiger partial charge in [0.15, 0.2) is 0 Å². The highest BCUT2D eigenvalue weighted by atomic mass is 32.2. The number of likely N-dealkylation sites (tertiary alicyclic amines) is 1. The smallest absolute Gasteiger partial charge is 0.341 e. The number of hydrogen-bond acceptors (Lipinski definition) is 5. The molecule has 1 saturated heterocycles. The number of amides is 1. The lowest BCUT2D eigenvalue weighted by molar-refractivity contribution is 0.0173. The molecule has 1 fully saturated rings. The maximum atomic E-state index is 12.8. The number of aromatic nitrogens is 1. The molecule has 1 aromatic carbocycles. The summed E-state index contributed by atoms with van der Waals surface area (Å²) in [6.07, 6.45) is 2.88. The van der Waals surface area contributed by atoms with Crippen molar-refractivity contribution in [1.29, 1.82) is 0 Å². The SMILES string of the molecule is O=C(c1ccccc1S(=O)(=O)C(F)F)N1CC(Oc2cccnc2)C1. The van der Waals surface area contributed by atoms with Crippen LogP contribution in [-0.4, -0.2) is 49.2 Å². The number of ether oxygens (including phenoxy) is 1. The molecule has 0 unspecified atom stereocenters. The van der Waals surface area contributed by atoms with Crippen LogP contribution >= 0.6 is 0 Å². The van der Waals surface area contributed by atoms with Crippen LogP contribution in [0.1, 0.15) is 10.4 Å². The van der Waals surface area contributed by atoms with E-state index in [0.29, 0.717) is 5.75 Å². The summed E-state index contributed by atoms with van der Waals surface area (Å²) in [7, 11) is -4.85. The summed E-state index contributed by atoms with van der Waals surface area (Å²) in [5, 5.41) is 0. The number of hydrogen-bond donors (Lipinski definition) is 0. The van der Waals surface area contributed by atoms with E-state index in [0.717, 1.165) is 6.07 Å². The van der Waals surface area contributed by atoms with Crippen molar-refractivity contribution in [3.8, 4) is 5.75 Å². The van der Waals surface area contributed by atoms with Crippen molar-refractivity contribution in [2.75, 3.05) is 13.1 Å². The molecule has 2 heterocycles. The first-order valence-electron chi connectivity index (χ1n) is 7.36. The second kappa shape index (κ2) is 6.75. The number of carbonyl (C=O) groups is 1. The lowest BCUT2D eigenvalue weighted by Gasteiger charge is -2.39. The van der Waals surface area contributed by atoms with Crippen LogP contribution in [0.3, 0.4) is 0 Å². The summed E-state index contributed by atoms with van der Waals surface area (Å²) >= 11 is 0. The van der Waals surface area contributed by atoms with Crippen molar-refractivity contribution in [1.82, 2.24) is 9.88 Å². The second-order valence-electron chi connectivity index (χ2n) is 5.44. The summed E-state index contributed by atoms with van der Waals surface area (Å²) < 4.78 is 54.7. The third-order valence-corrected chi connectivity index (χ3v) is 5.17. The van der Waals surface area contributed by atoms with Crippen LogP contribution in [0.5, 0.6) is 5.75 Å². The van der Waals surface area contributed by atoms with E-state index < -0.39 is 26.4 Å². The van der Waals surface area contributed by atoms with E-state index in [4.69, 9.17) is 4.74 Å². The topological polar surface area (TPSA) is 76.6 Å². The van der Waals surface area contributed by atoms with Crippen molar-refractivity contribution >= 4 is 15.7 Å². The van der Waals surface area contributed by atoms with Gasteiger partial charge in [0.2, 0.25) is 9.84 Å². The van der Waals surface area contributed by atoms with E-state index in [1.165, 1.54) is 29.3 Å². The monoisotopic (exact) mass is 368 g/mol. The van der Waals surface area contributed by atoms with Gasteiger partial charge in [0.25, 0.3) is 5.91 Å². The van der Waals surface area contributed by atoms with E-state index in [1.54, 1.807) is 18.3 Å². The van der Waals surface area contributed by atoms with Gasteiger partial charge in [0.1, 0.15) is 11.9 Å². The standard InChI is InChI=1S/C16H14F2N2O4S/c17-16(18)25(22,23)14-6-2-1-5-13(14)15(21)20-9-12(10-20)24-11-4-3-7-19-8-11/h1-8,12,16H,9-10H2. The minimum absolute atomic E-state index is 0.233. The fraction of sp³-hybridized carbons (Fsp3) is 0.250. The number of benzene rings is 1. The molecule has 3 rings (SSSR count). The van der Waals surface area contributed by atoms with Crippen molar-refractivity contribution < 1.29 is 26.7 Å². The molecule has 0 bridgehead atoms. The number of rotatable bonds is 5. The van der Waals surface area contributed by atoms with E-state index >= 15 is 0 Å². The summed E-state index contributed by atoms with van der Waals surface area (Å²) in [6, 6.07) is 8.41. The molecule has 0 N–H and O–H groups in total. The van der Waals surface area contributed by atoms with Crippen molar-refractivity contribution in [3.05, 3.63) is 54.4 Å². The Labute approximate surface area is 143 Å². The van der Waals surface area contributed by atoms with Gasteiger partial charge in [-0.15, -0.1) is 0 Å². The summed E-state index contributed by atoms with van der Waals surface area (Å²) in [5.41, 5.74) is -0.261. The van der Waals surface area contributed by atoms with Gasteiger partial charge in [-0.25, -0.2) is 8.42 Å². The Bertz CT molecular complexity index is 869. The number of alkyl halides is 2. The van der Waals surface area contributed by atoms with Crippen molar-refractivity contribution in [2.45, 2.75) is 16.8 Å². The van der Waals surface area contributed by atoms with Gasteiger partial charge in [0, 0.05) is 6.20 Å². The molecular formula is C16H14F2N2O4S. The van der Waals surface area contributed by atoms with Crippen LogP contribution in [0.4, 0.5) is 8.78 Å². The first kappa shape index (κ1) is 17.3. The van der Waals surface area contributed by atoms with Gasteiger partial charge in [-0.05, 0) is 24.3 Å². The third kappa shape index (κ3) is 3.46. The van der Waals surface area contributed by atoms with Crippen LogP contribution < -0.4 is 4.74 Å². The first-order chi connectivity index (χ1) is 11.9. The quantitative estimate of drug-likeness (QED) is 0.807. The van der Waals surface area contributed by atoms with Crippen LogP contribution in [0.15, 0.2) is 53.7 Å². The van der Waals surface area contributed by atoms with Crippen LogP contribution in [0.25, 0.3) is 0 Å². The highest BCUT2D eigenvalue weighted by Crippen LogP contribution is 2.25. The van der Waals surface area contributed by atoms with Gasteiger partial charge in [-0.1, -0.05) is 12.1 Å². The Morgan fingerprint density at radius 3 is 2.56 bits per heavy atom. The van der Waals surface area contributed by atoms with Gasteiger partial charge < -0.3 is 9.64 Å². The van der Waals surface area contributed by atoms with Gasteiger partial charge in [-0.3, -0.25) is 9.78 Å². The summed E-state index contributed by atoms with van der Waals surface area (Å²) in [5.74, 6) is -3.65. The van der Waals surface area contributed by atoms with Gasteiger partial charge >= 0.3 is 5.76 Å². The molecule has 0 aliphatic carbocycles. The Kier molecular flexibility index (Phi) is 4.67. The first-order valence-corrected chi connectivity index (χ1v) is 8.91. The molecule has 0 saturated carbocycles. The molecule has 6 nitrogen and oxygen atoms in total. The zero-order valence-electron chi connectivity index (χ0n) is 12.9. The van der Waals surface area contributed by atoms with E-state index in [2.05, 4.69) is 4.98 Å². The molecular weight excluding hydrogens is 354 g/mol. The van der Waals surface area contributed by atoms with Gasteiger partial charge in [-0.2, -0.15) is 8.78 Å². The Balaban J connectivity index is 1.72. The van der Waals surface area contributed by atoms with Crippen LogP contribution in [0, 0.1) is 0 Å². The molecule has 9 heteroatoms. The maximum Gasteiger partial charge on any atom is 0.341 e. The molecule has 1 aromatic heterocycles. The van der Waals surface area contributed by atoms with Gasteiger partial charge in [0.05, 0.1) is 29.7 Å². The van der Waals surface area contributed by atoms with E-state index in [9.17, 15) is 22.0 Å². The molecule has 25 heavy (non-hydrogen) atoms. The van der Waals surface area contributed by atoms with E-state index in [1.807, 2.05) is 0 Å². The summed E-state index contributed by atoms with van der Waals surface area (Å²) in [4.78, 5) is 17.1. The zero-order valence-corrected chi connectivity index (χ0v) is 13.7. The lowest BCUT2D eigenvalue weighted by atomic mass is 10.1. The predicted molar refractivity (Wildman–Crippen MR) is 84.2 cm³/mol. The lowest BCUT2D eigenvalue weighted by Crippen LogP contribution is -2.56. The molecule has 0 radical (unpaired) electrons. The fourth-order valence-corrected chi connectivity index (χ4v) is 3.37. The zero-order chi connectivity index (χ0) is 18.0. The molecule has 0 atom stereocenters. The third-order valence-electron chi connectivity index (χ3n) is 3.73. The predicted octanol–water partition coefficient (Wildman–Crippen LogP) is 1.98. The largest absolute Gasteiger partial charge is 0.485 e. The van der Waals surface area contributed by atoms with Crippen LogP contribution in [0.2, 0.25) is 0 Å². The summed E-state index contributed by atoms with van der Waals surface area (Å²) in [6.45, 7) is 0.466. The fourth-order valence-electron chi connectivity index (χ4n) is 2.45. The number of carbonyl (C=O) groups excluding carboxylic acids is 1. The average molecular weight is 368 g/mol. The van der Waals surface area contributed by atoms with Crippen molar-refractivity contribution in [3.63, 3.8) is 0 Å². The molecule has 2 aromatic rings. The molecule has 1 amide bonds. The molecule has 1 aliphatic heterocycles. The average Bonchev–Trinajstić information content (AvgIpc) is 2.58. The Morgan fingerprint density at radius 1 is 1.20 bits per heavy atom. The molecule has 0 spiro atoms. The van der Waals surface area contributed by atoms with Crippen molar-refractivity contribution in [2.24, 2.45) is 0 Å². The normalized spacial score (nSPS) is 15.1. The Hall–Kier alpha value is -2.55. The Morgan fingerprint density at radius 2 is 1.92 bits per heavy atom. The molecule has 132 valence electrons. The number of nitrogens with zero attached hydrogens (tertiary/aromatic N) is 2.